The first-order chi connectivity index (χ1) is 10.8. The van der Waals surface area contributed by atoms with Crippen molar-refractivity contribution in [1.29, 1.82) is 0 Å². The number of likely N-dealkylation sites (tertiary alicyclic amines) is 1. The molecule has 7 nitrogen and oxygen atoms in total. The highest BCUT2D eigenvalue weighted by molar-refractivity contribution is 7.89. The molecule has 1 fully saturated rings. The summed E-state index contributed by atoms with van der Waals surface area (Å²) in [5.41, 5.74) is 0. The highest BCUT2D eigenvalue weighted by Crippen LogP contribution is 2.16. The van der Waals surface area contributed by atoms with Crippen LogP contribution in [0.4, 0.5) is 0 Å². The number of aryl methyl sites for hydroxylation is 1. The third-order valence-corrected chi connectivity index (χ3v) is 5.47. The van der Waals surface area contributed by atoms with Crippen LogP contribution < -0.4 is 4.72 Å². The van der Waals surface area contributed by atoms with Crippen molar-refractivity contribution >= 4 is 15.9 Å². The molecule has 1 aromatic rings. The van der Waals surface area contributed by atoms with Crippen LogP contribution in [0.1, 0.15) is 39.5 Å². The van der Waals surface area contributed by atoms with E-state index in [0.29, 0.717) is 31.7 Å². The average Bonchev–Trinajstić information content (AvgIpc) is 2.83. The van der Waals surface area contributed by atoms with Gasteiger partial charge in [0, 0.05) is 38.8 Å². The highest BCUT2D eigenvalue weighted by Gasteiger charge is 2.27. The van der Waals surface area contributed by atoms with Gasteiger partial charge in [-0.15, -0.1) is 0 Å². The Morgan fingerprint density at radius 3 is 2.74 bits per heavy atom. The number of nitrogens with one attached hydrogen (secondary N) is 1. The second-order valence-electron chi connectivity index (χ2n) is 6.59. The van der Waals surface area contributed by atoms with Gasteiger partial charge < -0.3 is 9.47 Å². The summed E-state index contributed by atoms with van der Waals surface area (Å²) >= 11 is 0. The van der Waals surface area contributed by atoms with E-state index in [2.05, 4.69) is 23.6 Å². The average molecular weight is 342 g/mol. The van der Waals surface area contributed by atoms with Crippen LogP contribution in [0.2, 0.25) is 0 Å². The number of carbonyl (C=O) groups excluding carboxylic acids is 1. The molecule has 1 aromatic heterocycles. The minimum absolute atomic E-state index is 0.0206. The number of carbonyl (C=O) groups is 1. The Morgan fingerprint density at radius 1 is 1.39 bits per heavy atom. The summed E-state index contributed by atoms with van der Waals surface area (Å²) in [4.78, 5) is 17.9. The standard InChI is InChI=1S/C15H26N4O3S/c1-12(2)6-8-19-9-7-13(4-5-15(19)20)17-23(21,22)14-10-18(3)11-16-14/h10-13,17H,4-9H2,1-3H3. The quantitative estimate of drug-likeness (QED) is 0.840. The molecule has 1 unspecified atom stereocenters. The molecule has 130 valence electrons. The van der Waals surface area contributed by atoms with Crippen molar-refractivity contribution < 1.29 is 13.2 Å². The van der Waals surface area contributed by atoms with E-state index in [-0.39, 0.29) is 17.0 Å². The number of nitrogens with zero attached hydrogens (tertiary/aromatic N) is 3. The third-order valence-electron chi connectivity index (χ3n) is 4.06. The van der Waals surface area contributed by atoms with Crippen LogP contribution in [-0.2, 0) is 21.9 Å². The molecule has 8 heteroatoms. The minimum atomic E-state index is -3.63. The van der Waals surface area contributed by atoms with Crippen molar-refractivity contribution in [2.45, 2.75) is 50.6 Å². The summed E-state index contributed by atoms with van der Waals surface area (Å²) < 4.78 is 28.9. The van der Waals surface area contributed by atoms with Crippen molar-refractivity contribution in [2.75, 3.05) is 13.1 Å². The molecule has 1 aliphatic heterocycles. The molecule has 2 heterocycles. The zero-order valence-electron chi connectivity index (χ0n) is 14.0. The first-order valence-electron chi connectivity index (χ1n) is 8.06. The Morgan fingerprint density at radius 2 is 2.13 bits per heavy atom. The second-order valence-corrected chi connectivity index (χ2v) is 8.25. The van der Waals surface area contributed by atoms with Crippen molar-refractivity contribution in [2.24, 2.45) is 13.0 Å². The molecule has 1 amide bonds. The van der Waals surface area contributed by atoms with E-state index in [9.17, 15) is 13.2 Å². The van der Waals surface area contributed by atoms with Crippen LogP contribution >= 0.6 is 0 Å². The topological polar surface area (TPSA) is 84.3 Å². The Kier molecular flexibility index (Phi) is 5.80. The Labute approximate surface area is 138 Å². The van der Waals surface area contributed by atoms with E-state index in [1.54, 1.807) is 11.6 Å². The molecule has 23 heavy (non-hydrogen) atoms. The fraction of sp³-hybridized carbons (Fsp3) is 0.733. The van der Waals surface area contributed by atoms with Crippen LogP contribution in [0, 0.1) is 5.92 Å². The van der Waals surface area contributed by atoms with Crippen molar-refractivity contribution in [1.82, 2.24) is 19.2 Å². The summed E-state index contributed by atoms with van der Waals surface area (Å²) in [7, 11) is -1.90. The first-order valence-corrected chi connectivity index (χ1v) is 9.54. The molecule has 0 bridgehead atoms. The fourth-order valence-electron chi connectivity index (χ4n) is 2.61. The van der Waals surface area contributed by atoms with Gasteiger partial charge in [0.15, 0.2) is 5.03 Å². The number of sulfonamides is 1. The molecule has 0 spiro atoms. The minimum Gasteiger partial charge on any atom is -0.343 e. The first kappa shape index (κ1) is 17.9. The van der Waals surface area contributed by atoms with Gasteiger partial charge in [-0.2, -0.15) is 0 Å². The number of rotatable bonds is 6. The zero-order chi connectivity index (χ0) is 17.0. The molecule has 1 N–H and O–H groups in total. The van der Waals surface area contributed by atoms with E-state index in [1.807, 2.05) is 4.90 Å². The molecule has 1 atom stereocenters. The predicted molar refractivity (Wildman–Crippen MR) is 87.2 cm³/mol. The van der Waals surface area contributed by atoms with E-state index in [4.69, 9.17) is 0 Å². The smallest absolute Gasteiger partial charge is 0.259 e. The zero-order valence-corrected chi connectivity index (χ0v) is 14.8. The van der Waals surface area contributed by atoms with Gasteiger partial charge in [0.2, 0.25) is 5.91 Å². The van der Waals surface area contributed by atoms with Crippen molar-refractivity contribution in [3.8, 4) is 0 Å². The monoisotopic (exact) mass is 342 g/mol. The normalized spacial score (nSPS) is 20.1. The van der Waals surface area contributed by atoms with Crippen LogP contribution in [0.3, 0.4) is 0 Å². The number of imidazole rings is 1. The number of hydrogen-bond donors (Lipinski definition) is 1. The Balaban J connectivity index is 1.96. The molecular formula is C15H26N4O3S. The lowest BCUT2D eigenvalue weighted by atomic mass is 10.1. The van der Waals surface area contributed by atoms with E-state index < -0.39 is 10.0 Å². The maximum atomic E-state index is 12.3. The molecular weight excluding hydrogens is 316 g/mol. The summed E-state index contributed by atoms with van der Waals surface area (Å²) in [5.74, 6) is 0.662. The fourth-order valence-corrected chi connectivity index (χ4v) is 3.90. The maximum Gasteiger partial charge on any atom is 0.259 e. The Bertz CT molecular complexity index is 639. The van der Waals surface area contributed by atoms with Crippen LogP contribution in [-0.4, -0.2) is 47.9 Å². The van der Waals surface area contributed by atoms with Gasteiger partial charge in [0.25, 0.3) is 10.0 Å². The Hall–Kier alpha value is -1.41. The van der Waals surface area contributed by atoms with Gasteiger partial charge in [-0.1, -0.05) is 13.8 Å². The molecule has 0 aliphatic carbocycles. The van der Waals surface area contributed by atoms with Crippen LogP contribution in [0.5, 0.6) is 0 Å². The number of amides is 1. The molecule has 0 saturated carbocycles. The highest BCUT2D eigenvalue weighted by atomic mass is 32.2. The van der Waals surface area contributed by atoms with Crippen LogP contribution in [0.25, 0.3) is 0 Å². The largest absolute Gasteiger partial charge is 0.343 e. The summed E-state index contributed by atoms with van der Waals surface area (Å²) in [6, 6.07) is -0.227. The third kappa shape index (κ3) is 5.04. The lowest BCUT2D eigenvalue weighted by Gasteiger charge is -2.21. The maximum absolute atomic E-state index is 12.3. The van der Waals surface area contributed by atoms with E-state index in [1.165, 1.54) is 12.5 Å². The summed E-state index contributed by atoms with van der Waals surface area (Å²) in [6.07, 6.45) is 5.44. The van der Waals surface area contributed by atoms with Gasteiger partial charge >= 0.3 is 0 Å². The van der Waals surface area contributed by atoms with Gasteiger partial charge in [0.1, 0.15) is 0 Å². The van der Waals surface area contributed by atoms with Gasteiger partial charge in [-0.3, -0.25) is 4.79 Å². The molecule has 2 rings (SSSR count). The van der Waals surface area contributed by atoms with E-state index in [0.717, 1.165) is 13.0 Å². The van der Waals surface area contributed by atoms with E-state index >= 15 is 0 Å². The molecule has 0 radical (unpaired) electrons. The molecule has 1 saturated heterocycles. The molecule has 1 aliphatic rings. The lowest BCUT2D eigenvalue weighted by molar-refractivity contribution is -0.130. The van der Waals surface area contributed by atoms with Crippen molar-refractivity contribution in [3.63, 3.8) is 0 Å². The SMILES string of the molecule is CC(C)CCN1CCC(NS(=O)(=O)c2cn(C)cn2)CCC1=O. The van der Waals surface area contributed by atoms with Gasteiger partial charge in [0.05, 0.1) is 6.33 Å². The second kappa shape index (κ2) is 7.44. The number of aromatic nitrogens is 2. The summed E-state index contributed by atoms with van der Waals surface area (Å²) in [6.45, 7) is 5.61. The lowest BCUT2D eigenvalue weighted by Crippen LogP contribution is -2.36. The number of hydrogen-bond acceptors (Lipinski definition) is 4. The summed E-state index contributed by atoms with van der Waals surface area (Å²) in [5, 5.41) is 0.0206. The predicted octanol–water partition coefficient (Wildman–Crippen LogP) is 1.13. The molecule has 0 aromatic carbocycles. The van der Waals surface area contributed by atoms with Crippen LogP contribution in [0.15, 0.2) is 17.6 Å². The van der Waals surface area contributed by atoms with Crippen molar-refractivity contribution in [3.05, 3.63) is 12.5 Å². The van der Waals surface area contributed by atoms with Gasteiger partial charge in [-0.05, 0) is 25.2 Å². The van der Waals surface area contributed by atoms with Gasteiger partial charge in [-0.25, -0.2) is 18.1 Å².